The van der Waals surface area contributed by atoms with Crippen LogP contribution in [0.1, 0.15) is 44.9 Å². The first-order valence-electron chi connectivity index (χ1n) is 6.08. The van der Waals surface area contributed by atoms with Crippen LogP contribution in [0.3, 0.4) is 0 Å². The lowest BCUT2D eigenvalue weighted by Gasteiger charge is -2.23. The van der Waals surface area contributed by atoms with Crippen molar-refractivity contribution >= 4 is 23.4 Å². The summed E-state index contributed by atoms with van der Waals surface area (Å²) >= 11 is 8.32. The smallest absolute Gasteiger partial charge is 0.0462 e. The molecule has 0 radical (unpaired) electrons. The summed E-state index contributed by atoms with van der Waals surface area (Å²) < 4.78 is 0. The lowest BCUT2D eigenvalue weighted by molar-refractivity contribution is 0.315. The maximum atomic E-state index is 6.28. The van der Waals surface area contributed by atoms with Gasteiger partial charge in [0.05, 0.1) is 0 Å². The molecule has 0 nitrogen and oxygen atoms in total. The molecule has 0 amide bonds. The van der Waals surface area contributed by atoms with Gasteiger partial charge in [-0.1, -0.05) is 38.5 Å². The van der Waals surface area contributed by atoms with Crippen molar-refractivity contribution in [3.05, 3.63) is 0 Å². The fourth-order valence-corrected chi connectivity index (χ4v) is 4.69. The van der Waals surface area contributed by atoms with Gasteiger partial charge in [-0.25, -0.2) is 0 Å². The van der Waals surface area contributed by atoms with E-state index in [1.807, 2.05) is 11.8 Å². The van der Waals surface area contributed by atoms with E-state index in [2.05, 4.69) is 0 Å². The molecule has 2 heteroatoms. The average Bonchev–Trinajstić information content (AvgIpc) is 2.63. The summed E-state index contributed by atoms with van der Waals surface area (Å²) in [5.41, 5.74) is 0. The molecule has 1 saturated heterocycles. The molecule has 0 aromatic rings. The molecule has 1 heterocycles. The summed E-state index contributed by atoms with van der Waals surface area (Å²) in [5, 5.41) is 0.476. The van der Waals surface area contributed by atoms with E-state index in [9.17, 15) is 0 Å². The van der Waals surface area contributed by atoms with Gasteiger partial charge in [0.2, 0.25) is 0 Å². The number of hydrogen-bond acceptors (Lipinski definition) is 1. The molecular formula is C12H21ClS. The number of rotatable bonds is 3. The Labute approximate surface area is 97.2 Å². The molecule has 2 unspecified atom stereocenters. The third-order valence-electron chi connectivity index (χ3n) is 3.79. The van der Waals surface area contributed by atoms with E-state index in [0.717, 1.165) is 11.8 Å². The molecule has 1 saturated carbocycles. The van der Waals surface area contributed by atoms with Crippen molar-refractivity contribution in [2.24, 2.45) is 11.8 Å². The summed E-state index contributed by atoms with van der Waals surface area (Å²) in [6.07, 6.45) is 10.3. The van der Waals surface area contributed by atoms with E-state index in [1.165, 1.54) is 56.5 Å². The van der Waals surface area contributed by atoms with Crippen LogP contribution in [0.2, 0.25) is 0 Å². The van der Waals surface area contributed by atoms with Crippen LogP contribution in [-0.4, -0.2) is 16.9 Å². The predicted molar refractivity (Wildman–Crippen MR) is 66.3 cm³/mol. The van der Waals surface area contributed by atoms with Crippen molar-refractivity contribution in [1.82, 2.24) is 0 Å². The Balaban J connectivity index is 1.65. The Morgan fingerprint density at radius 2 is 1.79 bits per heavy atom. The Hall–Kier alpha value is 0.640. The minimum atomic E-state index is 0.476. The molecule has 2 rings (SSSR count). The van der Waals surface area contributed by atoms with Gasteiger partial charge < -0.3 is 0 Å². The Morgan fingerprint density at radius 3 is 2.43 bits per heavy atom. The minimum absolute atomic E-state index is 0.476. The summed E-state index contributed by atoms with van der Waals surface area (Å²) in [7, 11) is 0. The van der Waals surface area contributed by atoms with Crippen LogP contribution in [0.4, 0.5) is 0 Å². The molecule has 2 atom stereocenters. The molecule has 0 spiro atoms. The van der Waals surface area contributed by atoms with E-state index in [1.54, 1.807) is 0 Å². The van der Waals surface area contributed by atoms with Gasteiger partial charge in [-0.05, 0) is 24.0 Å². The number of alkyl halides is 1. The van der Waals surface area contributed by atoms with Gasteiger partial charge in [0.1, 0.15) is 0 Å². The summed E-state index contributed by atoms with van der Waals surface area (Å²) in [4.78, 5) is 0. The second kappa shape index (κ2) is 5.65. The molecule has 1 aliphatic carbocycles. The van der Waals surface area contributed by atoms with Crippen molar-refractivity contribution in [3.8, 4) is 0 Å². The fraction of sp³-hybridized carbons (Fsp3) is 1.00. The highest BCUT2D eigenvalue weighted by Crippen LogP contribution is 2.35. The largest absolute Gasteiger partial charge is 0.160 e. The molecule has 14 heavy (non-hydrogen) atoms. The minimum Gasteiger partial charge on any atom is -0.160 e. The van der Waals surface area contributed by atoms with Crippen molar-refractivity contribution in [2.75, 3.05) is 11.5 Å². The lowest BCUT2D eigenvalue weighted by Crippen LogP contribution is -2.15. The van der Waals surface area contributed by atoms with Gasteiger partial charge in [-0.3, -0.25) is 0 Å². The van der Waals surface area contributed by atoms with Crippen LogP contribution in [0, 0.1) is 11.8 Å². The SMILES string of the molecule is ClC1CSCC1CCC1CCCCC1. The molecule has 2 aliphatic rings. The van der Waals surface area contributed by atoms with Crippen LogP contribution in [0.25, 0.3) is 0 Å². The molecule has 82 valence electrons. The van der Waals surface area contributed by atoms with Gasteiger partial charge in [0.15, 0.2) is 0 Å². The van der Waals surface area contributed by atoms with Crippen molar-refractivity contribution in [1.29, 1.82) is 0 Å². The first-order chi connectivity index (χ1) is 6.86. The van der Waals surface area contributed by atoms with Crippen LogP contribution in [0.5, 0.6) is 0 Å². The molecule has 0 bridgehead atoms. The second-order valence-corrected chi connectivity index (χ2v) is 6.53. The lowest BCUT2D eigenvalue weighted by atomic mass is 9.84. The predicted octanol–water partition coefficient (Wildman–Crippen LogP) is 4.32. The van der Waals surface area contributed by atoms with Crippen LogP contribution in [-0.2, 0) is 0 Å². The van der Waals surface area contributed by atoms with E-state index >= 15 is 0 Å². The first kappa shape index (κ1) is 11.1. The topological polar surface area (TPSA) is 0 Å². The highest BCUT2D eigenvalue weighted by atomic mass is 35.5. The molecule has 2 fully saturated rings. The van der Waals surface area contributed by atoms with E-state index < -0.39 is 0 Å². The standard InChI is InChI=1S/C12H21ClS/c13-12-9-14-8-11(12)7-6-10-4-2-1-3-5-10/h10-12H,1-9H2. The third kappa shape index (κ3) is 3.06. The van der Waals surface area contributed by atoms with Gasteiger partial charge in [-0.2, -0.15) is 11.8 Å². The Bertz CT molecular complexity index is 166. The van der Waals surface area contributed by atoms with Gasteiger partial charge in [-0.15, -0.1) is 11.6 Å². The van der Waals surface area contributed by atoms with E-state index in [0.29, 0.717) is 5.38 Å². The fourth-order valence-electron chi connectivity index (χ4n) is 2.76. The normalized spacial score (nSPS) is 34.9. The number of halogens is 1. The van der Waals surface area contributed by atoms with Gasteiger partial charge >= 0.3 is 0 Å². The quantitative estimate of drug-likeness (QED) is 0.654. The molecule has 1 aliphatic heterocycles. The van der Waals surface area contributed by atoms with Gasteiger partial charge in [0.25, 0.3) is 0 Å². The maximum Gasteiger partial charge on any atom is 0.0462 e. The zero-order valence-electron chi connectivity index (χ0n) is 8.88. The van der Waals surface area contributed by atoms with Crippen LogP contribution in [0.15, 0.2) is 0 Å². The third-order valence-corrected chi connectivity index (χ3v) is 5.74. The Morgan fingerprint density at radius 1 is 1.00 bits per heavy atom. The van der Waals surface area contributed by atoms with Crippen LogP contribution < -0.4 is 0 Å². The van der Waals surface area contributed by atoms with E-state index in [-0.39, 0.29) is 0 Å². The van der Waals surface area contributed by atoms with Crippen molar-refractivity contribution < 1.29 is 0 Å². The van der Waals surface area contributed by atoms with E-state index in [4.69, 9.17) is 11.6 Å². The highest BCUT2D eigenvalue weighted by molar-refractivity contribution is 7.99. The molecule has 0 aromatic heterocycles. The monoisotopic (exact) mass is 232 g/mol. The average molecular weight is 233 g/mol. The second-order valence-electron chi connectivity index (χ2n) is 4.89. The summed E-state index contributed by atoms with van der Waals surface area (Å²) in [6, 6.07) is 0. The number of thioether (sulfide) groups is 1. The van der Waals surface area contributed by atoms with Crippen LogP contribution >= 0.6 is 23.4 Å². The maximum absolute atomic E-state index is 6.28. The first-order valence-corrected chi connectivity index (χ1v) is 7.67. The zero-order chi connectivity index (χ0) is 9.80. The highest BCUT2D eigenvalue weighted by Gasteiger charge is 2.26. The van der Waals surface area contributed by atoms with Crippen molar-refractivity contribution in [2.45, 2.75) is 50.3 Å². The Kier molecular flexibility index (Phi) is 4.49. The molecular weight excluding hydrogens is 212 g/mol. The number of hydrogen-bond donors (Lipinski definition) is 0. The van der Waals surface area contributed by atoms with Gasteiger partial charge in [0, 0.05) is 11.1 Å². The molecule has 0 aromatic carbocycles. The zero-order valence-corrected chi connectivity index (χ0v) is 10.5. The molecule has 0 N–H and O–H groups in total. The summed E-state index contributed by atoms with van der Waals surface area (Å²) in [5.74, 6) is 4.37. The summed E-state index contributed by atoms with van der Waals surface area (Å²) in [6.45, 7) is 0. The van der Waals surface area contributed by atoms with Crippen molar-refractivity contribution in [3.63, 3.8) is 0 Å².